The number of rotatable bonds is 8. The Kier molecular flexibility index (Phi) is 6.58. The van der Waals surface area contributed by atoms with Gasteiger partial charge in [0.2, 0.25) is 5.91 Å². The number of para-hydroxylation sites is 3. The molecule has 0 N–H and O–H groups in total. The van der Waals surface area contributed by atoms with E-state index in [4.69, 9.17) is 9.72 Å². The number of ether oxygens (including phenoxy) is 1. The quantitative estimate of drug-likeness (QED) is 0.284. The van der Waals surface area contributed by atoms with E-state index in [2.05, 4.69) is 67.8 Å². The molecule has 0 radical (unpaired) electrons. The third-order valence-corrected chi connectivity index (χ3v) is 7.10. The molecule has 1 aromatic heterocycles. The molecule has 1 atom stereocenters. The highest BCUT2D eigenvalue weighted by atomic mass is 16.5. The van der Waals surface area contributed by atoms with Crippen LogP contribution in [0.1, 0.15) is 47.7 Å². The van der Waals surface area contributed by atoms with Crippen molar-refractivity contribution < 1.29 is 9.53 Å². The number of hydrogen-bond donors (Lipinski definition) is 0. The third kappa shape index (κ3) is 4.81. The smallest absolute Gasteiger partial charge is 0.227 e. The van der Waals surface area contributed by atoms with Gasteiger partial charge in [-0.2, -0.15) is 0 Å². The third-order valence-electron chi connectivity index (χ3n) is 7.10. The maximum Gasteiger partial charge on any atom is 0.227 e. The Balaban J connectivity index is 1.31. The van der Waals surface area contributed by atoms with Gasteiger partial charge in [0.15, 0.2) is 0 Å². The summed E-state index contributed by atoms with van der Waals surface area (Å²) in [5.41, 5.74) is 6.73. The van der Waals surface area contributed by atoms with Crippen LogP contribution in [0, 0.1) is 20.8 Å². The Labute approximate surface area is 207 Å². The summed E-state index contributed by atoms with van der Waals surface area (Å²) in [5.74, 6) is 2.23. The van der Waals surface area contributed by atoms with Crippen molar-refractivity contribution in [2.75, 3.05) is 18.1 Å². The summed E-state index contributed by atoms with van der Waals surface area (Å²) in [7, 11) is 0. The van der Waals surface area contributed by atoms with E-state index in [9.17, 15) is 4.79 Å². The van der Waals surface area contributed by atoms with Crippen LogP contribution in [0.25, 0.3) is 11.0 Å². The number of amides is 1. The van der Waals surface area contributed by atoms with E-state index in [-0.39, 0.29) is 11.8 Å². The Bertz CT molecular complexity index is 1360. The van der Waals surface area contributed by atoms with Crippen LogP contribution in [0.3, 0.4) is 0 Å². The van der Waals surface area contributed by atoms with Gasteiger partial charge >= 0.3 is 0 Å². The van der Waals surface area contributed by atoms with Crippen LogP contribution in [0.15, 0.2) is 66.7 Å². The summed E-state index contributed by atoms with van der Waals surface area (Å²) in [4.78, 5) is 19.9. The summed E-state index contributed by atoms with van der Waals surface area (Å²) in [5, 5.41) is 0. The van der Waals surface area contributed by atoms with Crippen LogP contribution in [0.2, 0.25) is 0 Å². The fraction of sp³-hybridized carbons (Fsp3) is 0.333. The lowest BCUT2D eigenvalue weighted by molar-refractivity contribution is -0.117. The van der Waals surface area contributed by atoms with Crippen molar-refractivity contribution in [1.29, 1.82) is 0 Å². The zero-order valence-electron chi connectivity index (χ0n) is 20.8. The van der Waals surface area contributed by atoms with Gasteiger partial charge in [0.05, 0.1) is 17.6 Å². The van der Waals surface area contributed by atoms with Crippen molar-refractivity contribution in [3.63, 3.8) is 0 Å². The summed E-state index contributed by atoms with van der Waals surface area (Å²) in [6.07, 6.45) is 2.44. The molecule has 1 saturated heterocycles. The van der Waals surface area contributed by atoms with Crippen molar-refractivity contribution in [1.82, 2.24) is 9.55 Å². The van der Waals surface area contributed by atoms with Gasteiger partial charge in [0, 0.05) is 31.1 Å². The molecule has 0 spiro atoms. The van der Waals surface area contributed by atoms with Crippen LogP contribution in [-0.2, 0) is 11.3 Å². The standard InChI is InChI=1S/C30H33N3O2/c1-21-14-15-25(18-23(21)3)33-20-24(19-29(33)34)30-31-26-11-5-6-12-27(26)32(30)16-8-9-17-35-28-13-7-4-10-22(28)2/h4-7,10-15,18,24H,8-9,16-17,19-20H2,1-3H3. The van der Waals surface area contributed by atoms with E-state index in [1.807, 2.05) is 29.2 Å². The molecule has 35 heavy (non-hydrogen) atoms. The Morgan fingerprint density at radius 3 is 2.54 bits per heavy atom. The minimum Gasteiger partial charge on any atom is -0.493 e. The molecule has 0 saturated carbocycles. The first-order valence-corrected chi connectivity index (χ1v) is 12.5. The fourth-order valence-electron chi connectivity index (χ4n) is 4.94. The number of fused-ring (bicyclic) bond motifs is 1. The van der Waals surface area contributed by atoms with Crippen molar-refractivity contribution >= 4 is 22.6 Å². The number of carbonyl (C=O) groups is 1. The first kappa shape index (κ1) is 23.2. The van der Waals surface area contributed by atoms with Gasteiger partial charge in [-0.25, -0.2) is 4.98 Å². The monoisotopic (exact) mass is 467 g/mol. The second-order valence-electron chi connectivity index (χ2n) is 9.61. The number of nitrogens with zero attached hydrogens (tertiary/aromatic N) is 3. The Morgan fingerprint density at radius 2 is 1.71 bits per heavy atom. The predicted octanol–water partition coefficient (Wildman–Crippen LogP) is 6.34. The SMILES string of the molecule is Cc1ccc(N2CC(c3nc4ccccc4n3CCCCOc3ccccc3C)CC2=O)cc1C. The van der Waals surface area contributed by atoms with E-state index in [0.29, 0.717) is 19.6 Å². The lowest BCUT2D eigenvalue weighted by Crippen LogP contribution is -2.24. The number of aryl methyl sites for hydroxylation is 4. The normalized spacial score (nSPS) is 15.8. The lowest BCUT2D eigenvalue weighted by atomic mass is 10.1. The van der Waals surface area contributed by atoms with Gasteiger partial charge < -0.3 is 14.2 Å². The topological polar surface area (TPSA) is 47.4 Å². The molecular weight excluding hydrogens is 434 g/mol. The summed E-state index contributed by atoms with van der Waals surface area (Å²) in [6, 6.07) is 22.7. The van der Waals surface area contributed by atoms with Gasteiger partial charge in [0.25, 0.3) is 0 Å². The molecule has 1 fully saturated rings. The van der Waals surface area contributed by atoms with Crippen molar-refractivity contribution in [3.8, 4) is 5.75 Å². The van der Waals surface area contributed by atoms with Crippen molar-refractivity contribution in [3.05, 3.63) is 89.2 Å². The van der Waals surface area contributed by atoms with Crippen LogP contribution in [0.4, 0.5) is 5.69 Å². The lowest BCUT2D eigenvalue weighted by Gasteiger charge is -2.18. The molecule has 3 aromatic carbocycles. The first-order chi connectivity index (χ1) is 17.0. The summed E-state index contributed by atoms with van der Waals surface area (Å²) in [6.45, 7) is 8.49. The Morgan fingerprint density at radius 1 is 0.914 bits per heavy atom. The molecule has 2 heterocycles. The van der Waals surface area contributed by atoms with Gasteiger partial charge in [-0.3, -0.25) is 4.79 Å². The van der Waals surface area contributed by atoms with Gasteiger partial charge in [0.1, 0.15) is 11.6 Å². The molecule has 0 bridgehead atoms. The van der Waals surface area contributed by atoms with Crippen LogP contribution < -0.4 is 9.64 Å². The van der Waals surface area contributed by atoms with Crippen molar-refractivity contribution in [2.45, 2.75) is 52.5 Å². The number of benzene rings is 3. The maximum atomic E-state index is 13.0. The number of anilines is 1. The second-order valence-corrected chi connectivity index (χ2v) is 9.61. The first-order valence-electron chi connectivity index (χ1n) is 12.5. The van der Waals surface area contributed by atoms with E-state index in [0.717, 1.165) is 53.2 Å². The number of hydrogen-bond acceptors (Lipinski definition) is 3. The summed E-state index contributed by atoms with van der Waals surface area (Å²) < 4.78 is 8.32. The largest absolute Gasteiger partial charge is 0.493 e. The number of imidazole rings is 1. The minimum absolute atomic E-state index is 0.0831. The number of unbranched alkanes of at least 4 members (excludes halogenated alkanes) is 1. The van der Waals surface area contributed by atoms with E-state index in [1.54, 1.807) is 0 Å². The number of aromatic nitrogens is 2. The second kappa shape index (κ2) is 9.95. The molecule has 1 amide bonds. The van der Waals surface area contributed by atoms with E-state index in [1.165, 1.54) is 11.1 Å². The summed E-state index contributed by atoms with van der Waals surface area (Å²) >= 11 is 0. The van der Waals surface area contributed by atoms with Crippen LogP contribution >= 0.6 is 0 Å². The maximum absolute atomic E-state index is 13.0. The zero-order valence-corrected chi connectivity index (χ0v) is 20.8. The Hall–Kier alpha value is -3.60. The average Bonchev–Trinajstić information content (AvgIpc) is 3.42. The molecule has 5 rings (SSSR count). The van der Waals surface area contributed by atoms with Gasteiger partial charge in [-0.15, -0.1) is 0 Å². The molecular formula is C30H33N3O2. The van der Waals surface area contributed by atoms with Gasteiger partial charge in [-0.05, 0) is 80.6 Å². The number of carbonyl (C=O) groups excluding carboxylic acids is 1. The molecule has 180 valence electrons. The molecule has 0 aliphatic carbocycles. The van der Waals surface area contributed by atoms with Crippen LogP contribution in [0.5, 0.6) is 5.75 Å². The molecule has 5 nitrogen and oxygen atoms in total. The predicted molar refractivity (Wildman–Crippen MR) is 141 cm³/mol. The fourth-order valence-corrected chi connectivity index (χ4v) is 4.94. The highest BCUT2D eigenvalue weighted by molar-refractivity contribution is 5.96. The molecule has 1 aliphatic heterocycles. The molecule has 5 heteroatoms. The van der Waals surface area contributed by atoms with Crippen LogP contribution in [-0.4, -0.2) is 28.6 Å². The van der Waals surface area contributed by atoms with Gasteiger partial charge in [-0.1, -0.05) is 36.4 Å². The minimum atomic E-state index is 0.0831. The van der Waals surface area contributed by atoms with E-state index < -0.39 is 0 Å². The molecule has 1 aliphatic rings. The van der Waals surface area contributed by atoms with Crippen molar-refractivity contribution in [2.24, 2.45) is 0 Å². The highest BCUT2D eigenvalue weighted by Crippen LogP contribution is 2.34. The highest BCUT2D eigenvalue weighted by Gasteiger charge is 2.34. The average molecular weight is 468 g/mol. The molecule has 4 aromatic rings. The van der Waals surface area contributed by atoms with E-state index >= 15 is 0 Å². The molecule has 1 unspecified atom stereocenters. The zero-order chi connectivity index (χ0) is 24.4.